The molecule has 0 atom stereocenters. The third-order valence-electron chi connectivity index (χ3n) is 2.56. The van der Waals surface area contributed by atoms with Crippen molar-refractivity contribution in [2.45, 2.75) is 19.8 Å². The van der Waals surface area contributed by atoms with Crippen molar-refractivity contribution in [3.63, 3.8) is 0 Å². The highest BCUT2D eigenvalue weighted by Gasteiger charge is 2.20. The van der Waals surface area contributed by atoms with Gasteiger partial charge in [-0.15, -0.1) is 0 Å². The highest BCUT2D eigenvalue weighted by atomic mass is 16.1. The molecule has 5 nitrogen and oxygen atoms in total. The van der Waals surface area contributed by atoms with Crippen LogP contribution < -0.4 is 10.2 Å². The van der Waals surface area contributed by atoms with Gasteiger partial charge >= 0.3 is 0 Å². The van der Waals surface area contributed by atoms with Crippen molar-refractivity contribution in [1.82, 2.24) is 9.97 Å². The van der Waals surface area contributed by atoms with Gasteiger partial charge in [0.2, 0.25) is 0 Å². The van der Waals surface area contributed by atoms with Crippen LogP contribution in [0.25, 0.3) is 0 Å². The van der Waals surface area contributed by atoms with Crippen molar-refractivity contribution in [2.75, 3.05) is 29.9 Å². The zero-order chi connectivity index (χ0) is 11.4. The van der Waals surface area contributed by atoms with E-state index in [1.807, 2.05) is 11.0 Å². The van der Waals surface area contributed by atoms with Gasteiger partial charge in [0, 0.05) is 25.6 Å². The molecule has 2 heterocycles. The second-order valence-corrected chi connectivity index (χ2v) is 3.90. The number of hydrogen-bond donors (Lipinski definition) is 1. The molecule has 0 bridgehead atoms. The third-order valence-corrected chi connectivity index (χ3v) is 2.56. The second-order valence-electron chi connectivity index (χ2n) is 3.90. The molecule has 1 aromatic rings. The lowest BCUT2D eigenvalue weighted by atomic mass is 10.4. The van der Waals surface area contributed by atoms with Gasteiger partial charge in [0.15, 0.2) is 5.78 Å². The molecular formula is C11H16N4O. The van der Waals surface area contributed by atoms with E-state index in [0.717, 1.165) is 31.1 Å². The van der Waals surface area contributed by atoms with Gasteiger partial charge in [-0.3, -0.25) is 4.79 Å². The van der Waals surface area contributed by atoms with Gasteiger partial charge in [-0.2, -0.15) is 0 Å². The number of rotatable bonds is 4. The van der Waals surface area contributed by atoms with Gasteiger partial charge < -0.3 is 10.2 Å². The smallest absolute Gasteiger partial charge is 0.153 e. The normalized spacial score (nSPS) is 15.6. The van der Waals surface area contributed by atoms with Gasteiger partial charge in [-0.25, -0.2) is 9.97 Å². The Morgan fingerprint density at radius 2 is 2.38 bits per heavy atom. The van der Waals surface area contributed by atoms with Crippen molar-refractivity contribution in [2.24, 2.45) is 0 Å². The summed E-state index contributed by atoms with van der Waals surface area (Å²) in [7, 11) is 0. The fourth-order valence-corrected chi connectivity index (χ4v) is 1.70. The summed E-state index contributed by atoms with van der Waals surface area (Å²) in [6.45, 7) is 4.25. The predicted octanol–water partition coefficient (Wildman–Crippen LogP) is 1.08. The van der Waals surface area contributed by atoms with E-state index in [1.54, 1.807) is 0 Å². The molecule has 0 radical (unpaired) electrons. The van der Waals surface area contributed by atoms with E-state index >= 15 is 0 Å². The largest absolute Gasteiger partial charge is 0.370 e. The number of carbonyl (C=O) groups is 1. The molecule has 16 heavy (non-hydrogen) atoms. The molecule has 1 aliphatic heterocycles. The van der Waals surface area contributed by atoms with Crippen LogP contribution in [0, 0.1) is 0 Å². The van der Waals surface area contributed by atoms with E-state index < -0.39 is 0 Å². The van der Waals surface area contributed by atoms with E-state index in [9.17, 15) is 4.79 Å². The Hall–Kier alpha value is -1.65. The molecule has 1 N–H and O–H groups in total. The zero-order valence-corrected chi connectivity index (χ0v) is 9.44. The number of hydrogen-bond acceptors (Lipinski definition) is 5. The van der Waals surface area contributed by atoms with Crippen LogP contribution in [0.1, 0.15) is 19.8 Å². The fraction of sp³-hybridized carbons (Fsp3) is 0.545. The quantitative estimate of drug-likeness (QED) is 0.822. The first-order valence-electron chi connectivity index (χ1n) is 5.62. The number of Topliss-reactive ketones (excluding diaryl/α,β-unsaturated/α-hetero) is 1. The lowest BCUT2D eigenvalue weighted by molar-refractivity contribution is -0.116. The summed E-state index contributed by atoms with van der Waals surface area (Å²) < 4.78 is 0. The fourth-order valence-electron chi connectivity index (χ4n) is 1.70. The van der Waals surface area contributed by atoms with E-state index in [-0.39, 0.29) is 5.78 Å². The molecule has 0 amide bonds. The molecule has 86 valence electrons. The molecule has 0 spiro atoms. The molecular weight excluding hydrogens is 204 g/mol. The van der Waals surface area contributed by atoms with Gasteiger partial charge in [0.05, 0.1) is 6.54 Å². The van der Waals surface area contributed by atoms with E-state index in [1.165, 1.54) is 6.33 Å². The van der Waals surface area contributed by atoms with Crippen molar-refractivity contribution in [1.29, 1.82) is 0 Å². The van der Waals surface area contributed by atoms with Crippen molar-refractivity contribution < 1.29 is 4.79 Å². The Morgan fingerprint density at radius 3 is 3.06 bits per heavy atom. The Balaban J connectivity index is 2.06. The standard InChI is InChI=1S/C11H16N4O/c1-2-4-12-10-6-11(14-8-13-10)15-5-3-9(16)7-15/h6,8H,2-5,7H2,1H3,(H,12,13,14). The Kier molecular flexibility index (Phi) is 3.34. The molecule has 0 saturated carbocycles. The number of nitrogens with one attached hydrogen (secondary N) is 1. The van der Waals surface area contributed by atoms with Crippen LogP contribution in [0.5, 0.6) is 0 Å². The molecule has 0 aromatic carbocycles. The molecule has 0 aliphatic carbocycles. The number of anilines is 2. The van der Waals surface area contributed by atoms with Crippen LogP contribution in [0.3, 0.4) is 0 Å². The summed E-state index contributed by atoms with van der Waals surface area (Å²) in [5.41, 5.74) is 0. The molecule has 1 aliphatic rings. The minimum atomic E-state index is 0.279. The SMILES string of the molecule is CCCNc1cc(N2CCC(=O)C2)ncn1. The lowest BCUT2D eigenvalue weighted by Gasteiger charge is -2.15. The summed E-state index contributed by atoms with van der Waals surface area (Å²) in [6.07, 6.45) is 3.22. The van der Waals surface area contributed by atoms with Crippen LogP contribution in [-0.4, -0.2) is 35.4 Å². The Labute approximate surface area is 94.9 Å². The highest BCUT2D eigenvalue weighted by Crippen LogP contribution is 2.17. The van der Waals surface area contributed by atoms with Crippen LogP contribution >= 0.6 is 0 Å². The van der Waals surface area contributed by atoms with Crippen LogP contribution in [0.2, 0.25) is 0 Å². The Morgan fingerprint density at radius 1 is 1.50 bits per heavy atom. The average Bonchev–Trinajstić information content (AvgIpc) is 2.74. The average molecular weight is 220 g/mol. The van der Waals surface area contributed by atoms with Crippen LogP contribution in [-0.2, 0) is 4.79 Å². The second kappa shape index (κ2) is 4.92. The summed E-state index contributed by atoms with van der Waals surface area (Å²) in [4.78, 5) is 21.5. The van der Waals surface area contributed by atoms with Gasteiger partial charge in [0.1, 0.15) is 18.0 Å². The molecule has 2 rings (SSSR count). The summed E-state index contributed by atoms with van der Waals surface area (Å²) in [6, 6.07) is 1.90. The first-order valence-corrected chi connectivity index (χ1v) is 5.62. The maximum atomic E-state index is 11.2. The Bertz CT molecular complexity index is 380. The molecule has 0 unspecified atom stereocenters. The maximum Gasteiger partial charge on any atom is 0.153 e. The molecule has 1 saturated heterocycles. The van der Waals surface area contributed by atoms with Gasteiger partial charge in [0.25, 0.3) is 0 Å². The van der Waals surface area contributed by atoms with Gasteiger partial charge in [-0.05, 0) is 6.42 Å². The monoisotopic (exact) mass is 220 g/mol. The number of ketones is 1. The van der Waals surface area contributed by atoms with Crippen molar-refractivity contribution in [3.8, 4) is 0 Å². The molecule has 1 fully saturated rings. The highest BCUT2D eigenvalue weighted by molar-refractivity contribution is 5.86. The van der Waals surface area contributed by atoms with E-state index in [4.69, 9.17) is 0 Å². The first kappa shape index (κ1) is 10.9. The van der Waals surface area contributed by atoms with Gasteiger partial charge in [-0.1, -0.05) is 6.92 Å². The van der Waals surface area contributed by atoms with Crippen molar-refractivity contribution in [3.05, 3.63) is 12.4 Å². The maximum absolute atomic E-state index is 11.2. The summed E-state index contributed by atoms with van der Waals surface area (Å²) in [5, 5.41) is 3.21. The molecule has 5 heteroatoms. The number of nitrogens with zero attached hydrogens (tertiary/aromatic N) is 3. The predicted molar refractivity (Wildman–Crippen MR) is 62.6 cm³/mol. The number of aromatic nitrogens is 2. The van der Waals surface area contributed by atoms with E-state index in [0.29, 0.717) is 13.0 Å². The first-order chi connectivity index (χ1) is 7.79. The third kappa shape index (κ3) is 2.48. The minimum Gasteiger partial charge on any atom is -0.370 e. The summed E-state index contributed by atoms with van der Waals surface area (Å²) in [5.74, 6) is 1.94. The lowest BCUT2D eigenvalue weighted by Crippen LogP contribution is -2.21. The topological polar surface area (TPSA) is 58.1 Å². The zero-order valence-electron chi connectivity index (χ0n) is 9.44. The summed E-state index contributed by atoms with van der Waals surface area (Å²) >= 11 is 0. The van der Waals surface area contributed by atoms with Crippen molar-refractivity contribution >= 4 is 17.4 Å². The van der Waals surface area contributed by atoms with Crippen LogP contribution in [0.15, 0.2) is 12.4 Å². The molecule has 1 aromatic heterocycles. The van der Waals surface area contributed by atoms with Crippen LogP contribution in [0.4, 0.5) is 11.6 Å². The minimum absolute atomic E-state index is 0.279. The number of carbonyl (C=O) groups excluding carboxylic acids is 1. The van der Waals surface area contributed by atoms with E-state index in [2.05, 4.69) is 22.2 Å².